The second-order valence-corrected chi connectivity index (χ2v) is 7.71. The van der Waals surface area contributed by atoms with Crippen LogP contribution in [0.4, 0.5) is 23.0 Å². The molecule has 4 heterocycles. The van der Waals surface area contributed by atoms with Crippen molar-refractivity contribution >= 4 is 34.0 Å². The Balaban J connectivity index is 1.61. The molecule has 0 radical (unpaired) electrons. The Morgan fingerprint density at radius 1 is 1.06 bits per heavy atom. The molecule has 0 atom stereocenters. The number of aryl methyl sites for hydroxylation is 3. The van der Waals surface area contributed by atoms with Crippen molar-refractivity contribution in [3.05, 3.63) is 58.5 Å². The van der Waals surface area contributed by atoms with Crippen LogP contribution in [-0.2, 0) is 14.1 Å². The molecule has 0 aliphatic rings. The molecule has 3 N–H and O–H groups in total. The molecule has 0 aliphatic carbocycles. The number of anilines is 4. The van der Waals surface area contributed by atoms with Crippen LogP contribution in [0.1, 0.15) is 5.56 Å². The Bertz CT molecular complexity index is 1570. The Morgan fingerprint density at radius 3 is 2.65 bits per heavy atom. The number of H-pyrrole nitrogens is 1. The van der Waals surface area contributed by atoms with E-state index in [0.29, 0.717) is 51.2 Å². The molecule has 172 valence electrons. The second kappa shape index (κ2) is 8.31. The summed E-state index contributed by atoms with van der Waals surface area (Å²) in [5.41, 5.74) is 3.11. The summed E-state index contributed by atoms with van der Waals surface area (Å²) in [5, 5.41) is 22.2. The second-order valence-electron chi connectivity index (χ2n) is 7.71. The summed E-state index contributed by atoms with van der Waals surface area (Å²) in [6.45, 7) is 1.98. The van der Waals surface area contributed by atoms with Gasteiger partial charge in [-0.3, -0.25) is 14.6 Å². The minimum Gasteiger partial charge on any atom is -0.494 e. The first-order valence-electron chi connectivity index (χ1n) is 10.4. The van der Waals surface area contributed by atoms with Gasteiger partial charge in [0.05, 0.1) is 31.1 Å². The third-order valence-electron chi connectivity index (χ3n) is 5.22. The number of aromatic amines is 1. The number of nitrogens with one attached hydrogen (secondary N) is 3. The number of aromatic nitrogens is 8. The molecule has 12 heteroatoms. The van der Waals surface area contributed by atoms with Crippen molar-refractivity contribution < 1.29 is 4.74 Å². The van der Waals surface area contributed by atoms with E-state index in [1.165, 1.54) is 9.48 Å². The highest BCUT2D eigenvalue weighted by atomic mass is 16.5. The normalized spacial score (nSPS) is 11.1. The Hall–Kier alpha value is -4.74. The highest BCUT2D eigenvalue weighted by molar-refractivity contribution is 5.94. The molecule has 1 aromatic carbocycles. The summed E-state index contributed by atoms with van der Waals surface area (Å²) in [4.78, 5) is 23.1. The average molecular weight is 458 g/mol. The maximum atomic E-state index is 12.9. The predicted octanol–water partition coefficient (Wildman–Crippen LogP) is 2.65. The molecule has 5 rings (SSSR count). The lowest BCUT2D eigenvalue weighted by Gasteiger charge is -2.15. The molecule has 0 unspecified atom stereocenters. The average Bonchev–Trinajstić information content (AvgIpc) is 3.36. The van der Waals surface area contributed by atoms with Crippen LogP contribution in [0.25, 0.3) is 22.4 Å². The Labute approximate surface area is 193 Å². The van der Waals surface area contributed by atoms with Crippen LogP contribution < -0.4 is 20.9 Å². The lowest BCUT2D eigenvalue weighted by atomic mass is 10.1. The number of fused-ring (bicyclic) bond motifs is 1. The van der Waals surface area contributed by atoms with E-state index in [1.54, 1.807) is 33.5 Å². The number of rotatable bonds is 6. The topological polar surface area (TPSA) is 140 Å². The van der Waals surface area contributed by atoms with Gasteiger partial charge in [-0.2, -0.15) is 4.80 Å². The van der Waals surface area contributed by atoms with E-state index in [2.05, 4.69) is 41.1 Å². The van der Waals surface area contributed by atoms with Crippen LogP contribution in [0, 0.1) is 6.92 Å². The molecule has 0 fully saturated rings. The van der Waals surface area contributed by atoms with E-state index in [-0.39, 0.29) is 5.56 Å². The zero-order valence-electron chi connectivity index (χ0n) is 19.0. The number of ether oxygens (including phenoxy) is 1. The number of nitrogens with zero attached hydrogens (tertiary/aromatic N) is 7. The summed E-state index contributed by atoms with van der Waals surface area (Å²) < 4.78 is 7.07. The molecule has 0 saturated carbocycles. The summed E-state index contributed by atoms with van der Waals surface area (Å²) in [6, 6.07) is 11.1. The quantitative estimate of drug-likeness (QED) is 0.350. The van der Waals surface area contributed by atoms with Gasteiger partial charge in [-0.15, -0.1) is 10.2 Å². The van der Waals surface area contributed by atoms with Gasteiger partial charge in [-0.25, -0.2) is 9.97 Å². The van der Waals surface area contributed by atoms with E-state index in [1.807, 2.05) is 37.3 Å². The summed E-state index contributed by atoms with van der Waals surface area (Å²) in [6.07, 6.45) is 1.72. The maximum Gasteiger partial charge on any atom is 0.277 e. The van der Waals surface area contributed by atoms with Crippen molar-refractivity contribution in [3.8, 4) is 17.1 Å². The summed E-state index contributed by atoms with van der Waals surface area (Å²) in [7, 11) is 4.90. The Morgan fingerprint density at radius 2 is 1.91 bits per heavy atom. The van der Waals surface area contributed by atoms with Gasteiger partial charge >= 0.3 is 0 Å². The number of benzene rings is 1. The standard InChI is InChI=1S/C22H22N10O2/c1-12-8-9-23-16(10-12)25-17-11-15(18-21(26-17)28-31(2)22(18)33)24-14-7-5-6-13(19(14)34-4)20-27-30-32(3)29-20/h5-11H,1-4H3,(H3,23,24,25,26,28). The van der Waals surface area contributed by atoms with Gasteiger partial charge in [0.1, 0.15) is 17.0 Å². The zero-order chi connectivity index (χ0) is 23.8. The number of methoxy groups -OCH3 is 1. The van der Waals surface area contributed by atoms with E-state index >= 15 is 0 Å². The lowest BCUT2D eigenvalue weighted by molar-refractivity contribution is 0.418. The van der Waals surface area contributed by atoms with E-state index in [9.17, 15) is 4.79 Å². The molecule has 4 aromatic heterocycles. The molecule has 0 bridgehead atoms. The molecule has 0 amide bonds. The van der Waals surface area contributed by atoms with Crippen molar-refractivity contribution in [3.63, 3.8) is 0 Å². The van der Waals surface area contributed by atoms with Crippen molar-refractivity contribution in [2.45, 2.75) is 6.92 Å². The summed E-state index contributed by atoms with van der Waals surface area (Å²) >= 11 is 0. The molecule has 0 spiro atoms. The van der Waals surface area contributed by atoms with E-state index in [0.717, 1.165) is 5.56 Å². The van der Waals surface area contributed by atoms with E-state index < -0.39 is 0 Å². The molecule has 0 aliphatic heterocycles. The monoisotopic (exact) mass is 458 g/mol. The van der Waals surface area contributed by atoms with Crippen molar-refractivity contribution in [1.82, 2.24) is 40.0 Å². The van der Waals surface area contributed by atoms with Gasteiger partial charge in [0.25, 0.3) is 5.56 Å². The molecule has 12 nitrogen and oxygen atoms in total. The largest absolute Gasteiger partial charge is 0.494 e. The first-order chi connectivity index (χ1) is 16.4. The van der Waals surface area contributed by atoms with Crippen molar-refractivity contribution in [2.24, 2.45) is 14.1 Å². The minimum atomic E-state index is -0.212. The first kappa shape index (κ1) is 21.1. The minimum absolute atomic E-state index is 0.212. The van der Waals surface area contributed by atoms with Gasteiger partial charge in [0.15, 0.2) is 11.4 Å². The highest BCUT2D eigenvalue weighted by Crippen LogP contribution is 2.37. The third kappa shape index (κ3) is 3.81. The molecule has 5 aromatic rings. The van der Waals surface area contributed by atoms with Gasteiger partial charge in [0, 0.05) is 19.3 Å². The van der Waals surface area contributed by atoms with Crippen LogP contribution in [0.2, 0.25) is 0 Å². The number of hydrogen-bond acceptors (Lipinski definition) is 9. The number of para-hydroxylation sites is 1. The van der Waals surface area contributed by atoms with Gasteiger partial charge in [0.2, 0.25) is 5.82 Å². The Kier molecular flexibility index (Phi) is 5.17. The zero-order valence-corrected chi connectivity index (χ0v) is 19.0. The number of hydrogen-bond donors (Lipinski definition) is 3. The first-order valence-corrected chi connectivity index (χ1v) is 10.4. The van der Waals surface area contributed by atoms with Gasteiger partial charge in [-0.1, -0.05) is 6.07 Å². The number of pyridine rings is 2. The fourth-order valence-electron chi connectivity index (χ4n) is 3.69. The molecular weight excluding hydrogens is 436 g/mol. The fraction of sp³-hybridized carbons (Fsp3) is 0.182. The number of tetrazole rings is 1. The SMILES string of the molecule is COc1c(Nc2cc(Nc3cc(C)ccn3)nc3[nH]n(C)c(=O)c23)cccc1-c1nnn(C)n1. The smallest absolute Gasteiger partial charge is 0.277 e. The van der Waals surface area contributed by atoms with Crippen molar-refractivity contribution in [1.29, 1.82) is 0 Å². The third-order valence-corrected chi connectivity index (χ3v) is 5.22. The molecular formula is C22H22N10O2. The van der Waals surface area contributed by atoms with E-state index in [4.69, 9.17) is 4.74 Å². The van der Waals surface area contributed by atoms with Crippen molar-refractivity contribution in [2.75, 3.05) is 17.7 Å². The van der Waals surface area contributed by atoms with Gasteiger partial charge in [-0.05, 0) is 42.0 Å². The van der Waals surface area contributed by atoms with Crippen LogP contribution in [-0.4, -0.2) is 47.1 Å². The fourth-order valence-corrected chi connectivity index (χ4v) is 3.69. The van der Waals surface area contributed by atoms with Crippen LogP contribution in [0.5, 0.6) is 5.75 Å². The molecule has 0 saturated heterocycles. The van der Waals surface area contributed by atoms with Crippen LogP contribution in [0.15, 0.2) is 47.4 Å². The van der Waals surface area contributed by atoms with Crippen LogP contribution in [0.3, 0.4) is 0 Å². The van der Waals surface area contributed by atoms with Gasteiger partial charge < -0.3 is 15.4 Å². The molecule has 34 heavy (non-hydrogen) atoms. The maximum absolute atomic E-state index is 12.9. The van der Waals surface area contributed by atoms with Crippen LogP contribution >= 0.6 is 0 Å². The lowest BCUT2D eigenvalue weighted by Crippen LogP contribution is -2.12. The predicted molar refractivity (Wildman–Crippen MR) is 128 cm³/mol. The summed E-state index contributed by atoms with van der Waals surface area (Å²) in [5.74, 6) is 2.10. The highest BCUT2D eigenvalue weighted by Gasteiger charge is 2.18.